The van der Waals surface area contributed by atoms with Gasteiger partial charge in [-0.15, -0.1) is 0 Å². The topological polar surface area (TPSA) is 73.6 Å². The summed E-state index contributed by atoms with van der Waals surface area (Å²) in [6.07, 6.45) is -5.08. The first kappa shape index (κ1) is 16.9. The average molecular weight is 354 g/mol. The number of hydrogen-bond acceptors (Lipinski definition) is 5. The van der Waals surface area contributed by atoms with E-state index in [4.69, 9.17) is 9.47 Å². The molecule has 1 unspecified atom stereocenters. The predicted molar refractivity (Wildman–Crippen MR) is 82.9 cm³/mol. The maximum atomic E-state index is 12.7. The van der Waals surface area contributed by atoms with Crippen LogP contribution in [0.1, 0.15) is 5.56 Å². The SMILES string of the molecule is O=[N+]([O-])c1cc(C(F)(F)F)ccc1NCC1COc2ccccc2O1. The smallest absolute Gasteiger partial charge is 0.416 e. The van der Waals surface area contributed by atoms with Gasteiger partial charge in [-0.05, 0) is 24.3 Å². The maximum absolute atomic E-state index is 12.7. The molecule has 0 amide bonds. The molecule has 0 fully saturated rings. The van der Waals surface area contributed by atoms with Crippen molar-refractivity contribution in [2.24, 2.45) is 0 Å². The first-order valence-electron chi connectivity index (χ1n) is 7.32. The highest BCUT2D eigenvalue weighted by Gasteiger charge is 2.33. The molecule has 0 saturated carbocycles. The van der Waals surface area contributed by atoms with Gasteiger partial charge in [-0.3, -0.25) is 10.1 Å². The summed E-state index contributed by atoms with van der Waals surface area (Å²) in [5.41, 5.74) is -1.73. The molecule has 1 aliphatic rings. The minimum Gasteiger partial charge on any atom is -0.486 e. The van der Waals surface area contributed by atoms with Gasteiger partial charge in [0.2, 0.25) is 0 Å². The van der Waals surface area contributed by atoms with Gasteiger partial charge >= 0.3 is 6.18 Å². The summed E-state index contributed by atoms with van der Waals surface area (Å²) < 4.78 is 49.3. The summed E-state index contributed by atoms with van der Waals surface area (Å²) in [4.78, 5) is 10.2. The Morgan fingerprint density at radius 1 is 1.20 bits per heavy atom. The number of nitro groups is 1. The second-order valence-corrected chi connectivity index (χ2v) is 5.37. The fraction of sp³-hybridized carbons (Fsp3) is 0.250. The zero-order chi connectivity index (χ0) is 18.0. The molecule has 1 N–H and O–H groups in total. The van der Waals surface area contributed by atoms with Crippen LogP contribution in [0.25, 0.3) is 0 Å². The molecular weight excluding hydrogens is 341 g/mol. The van der Waals surface area contributed by atoms with Crippen molar-refractivity contribution in [3.05, 3.63) is 58.1 Å². The number of nitrogens with one attached hydrogen (secondary N) is 1. The Labute approximate surface area is 140 Å². The van der Waals surface area contributed by atoms with E-state index >= 15 is 0 Å². The molecule has 0 aliphatic carbocycles. The first-order valence-corrected chi connectivity index (χ1v) is 7.32. The molecule has 0 saturated heterocycles. The van der Waals surface area contributed by atoms with Crippen molar-refractivity contribution in [1.29, 1.82) is 0 Å². The monoisotopic (exact) mass is 354 g/mol. The summed E-state index contributed by atoms with van der Waals surface area (Å²) in [7, 11) is 0. The molecule has 0 spiro atoms. The van der Waals surface area contributed by atoms with Crippen LogP contribution in [-0.2, 0) is 6.18 Å². The van der Waals surface area contributed by atoms with Crippen LogP contribution in [0.3, 0.4) is 0 Å². The van der Waals surface area contributed by atoms with Crippen molar-refractivity contribution in [2.45, 2.75) is 12.3 Å². The largest absolute Gasteiger partial charge is 0.486 e. The van der Waals surface area contributed by atoms with Gasteiger partial charge < -0.3 is 14.8 Å². The minimum atomic E-state index is -4.65. The van der Waals surface area contributed by atoms with E-state index in [1.165, 1.54) is 0 Å². The van der Waals surface area contributed by atoms with E-state index in [2.05, 4.69) is 5.32 Å². The van der Waals surface area contributed by atoms with Gasteiger partial charge in [-0.25, -0.2) is 0 Å². The van der Waals surface area contributed by atoms with E-state index in [9.17, 15) is 23.3 Å². The van der Waals surface area contributed by atoms with E-state index < -0.39 is 28.5 Å². The number of nitro benzene ring substituents is 1. The van der Waals surface area contributed by atoms with Gasteiger partial charge in [0.1, 0.15) is 18.4 Å². The lowest BCUT2D eigenvalue weighted by Gasteiger charge is -2.26. The van der Waals surface area contributed by atoms with Crippen LogP contribution >= 0.6 is 0 Å². The summed E-state index contributed by atoms with van der Waals surface area (Å²) in [5, 5.41) is 13.8. The van der Waals surface area contributed by atoms with Crippen LogP contribution in [0.4, 0.5) is 24.5 Å². The van der Waals surface area contributed by atoms with E-state index in [1.807, 2.05) is 0 Å². The number of halogens is 3. The number of benzene rings is 2. The van der Waals surface area contributed by atoms with Crippen LogP contribution in [0.2, 0.25) is 0 Å². The fourth-order valence-corrected chi connectivity index (χ4v) is 2.40. The highest BCUT2D eigenvalue weighted by Crippen LogP contribution is 2.35. The molecule has 2 aromatic carbocycles. The number of hydrogen-bond donors (Lipinski definition) is 1. The van der Waals surface area contributed by atoms with E-state index in [1.54, 1.807) is 24.3 Å². The molecule has 132 valence electrons. The van der Waals surface area contributed by atoms with Crippen molar-refractivity contribution in [3.8, 4) is 11.5 Å². The molecule has 9 heteroatoms. The molecule has 3 rings (SSSR count). The van der Waals surface area contributed by atoms with Crippen molar-refractivity contribution in [3.63, 3.8) is 0 Å². The van der Waals surface area contributed by atoms with Gasteiger partial charge in [0.25, 0.3) is 5.69 Å². The quantitative estimate of drug-likeness (QED) is 0.667. The lowest BCUT2D eigenvalue weighted by atomic mass is 10.1. The van der Waals surface area contributed by atoms with E-state index in [0.717, 1.165) is 12.1 Å². The van der Waals surface area contributed by atoms with Gasteiger partial charge in [0.15, 0.2) is 11.5 Å². The Hall–Kier alpha value is -2.97. The van der Waals surface area contributed by atoms with Gasteiger partial charge in [-0.2, -0.15) is 13.2 Å². The predicted octanol–water partition coefficient (Wildman–Crippen LogP) is 3.87. The molecule has 2 aromatic rings. The summed E-state index contributed by atoms with van der Waals surface area (Å²) in [6, 6.07) is 9.39. The Morgan fingerprint density at radius 3 is 2.60 bits per heavy atom. The number of para-hydroxylation sites is 2. The van der Waals surface area contributed by atoms with Gasteiger partial charge in [-0.1, -0.05) is 12.1 Å². The van der Waals surface area contributed by atoms with Gasteiger partial charge in [0, 0.05) is 6.07 Å². The standard InChI is InChI=1S/C16H13F3N2O4/c17-16(18,19)10-5-6-12(13(7-10)21(22)23)20-8-11-9-24-14-3-1-2-4-15(14)25-11/h1-7,11,20H,8-9H2. The second kappa shape index (κ2) is 6.50. The summed E-state index contributed by atoms with van der Waals surface area (Å²) >= 11 is 0. The molecule has 6 nitrogen and oxygen atoms in total. The number of rotatable bonds is 4. The van der Waals surface area contributed by atoms with Crippen LogP contribution in [0, 0.1) is 10.1 Å². The first-order chi connectivity index (χ1) is 11.8. The Morgan fingerprint density at radius 2 is 1.92 bits per heavy atom. The third-order valence-corrected chi connectivity index (χ3v) is 3.61. The molecule has 25 heavy (non-hydrogen) atoms. The van der Waals surface area contributed by atoms with Crippen LogP contribution < -0.4 is 14.8 Å². The highest BCUT2D eigenvalue weighted by molar-refractivity contribution is 5.63. The van der Waals surface area contributed by atoms with Crippen molar-refractivity contribution in [1.82, 2.24) is 0 Å². The van der Waals surface area contributed by atoms with Crippen LogP contribution in [0.5, 0.6) is 11.5 Å². The Kier molecular flexibility index (Phi) is 4.39. The third kappa shape index (κ3) is 3.76. The average Bonchev–Trinajstić information content (AvgIpc) is 2.58. The molecule has 1 atom stereocenters. The number of alkyl halides is 3. The Balaban J connectivity index is 1.72. The van der Waals surface area contributed by atoms with Gasteiger partial charge in [0.05, 0.1) is 17.0 Å². The van der Waals surface area contributed by atoms with Crippen molar-refractivity contribution < 1.29 is 27.6 Å². The fourth-order valence-electron chi connectivity index (χ4n) is 2.40. The number of anilines is 1. The molecule has 0 radical (unpaired) electrons. The third-order valence-electron chi connectivity index (χ3n) is 3.61. The zero-order valence-electron chi connectivity index (χ0n) is 12.7. The summed E-state index contributed by atoms with van der Waals surface area (Å²) in [5.74, 6) is 1.14. The zero-order valence-corrected chi connectivity index (χ0v) is 12.7. The second-order valence-electron chi connectivity index (χ2n) is 5.37. The maximum Gasteiger partial charge on any atom is 0.416 e. The van der Waals surface area contributed by atoms with Crippen molar-refractivity contribution >= 4 is 11.4 Å². The number of fused-ring (bicyclic) bond motifs is 1. The minimum absolute atomic E-state index is 0.0135. The molecular formula is C16H13F3N2O4. The van der Waals surface area contributed by atoms with Crippen LogP contribution in [-0.4, -0.2) is 24.2 Å². The lowest BCUT2D eigenvalue weighted by Crippen LogP contribution is -2.35. The normalized spacial score (nSPS) is 16.4. The number of nitrogens with zero attached hydrogens (tertiary/aromatic N) is 1. The molecule has 1 aliphatic heterocycles. The summed E-state index contributed by atoms with van der Waals surface area (Å²) in [6.45, 7) is 0.360. The lowest BCUT2D eigenvalue weighted by molar-refractivity contribution is -0.384. The van der Waals surface area contributed by atoms with E-state index in [-0.39, 0.29) is 18.8 Å². The Bertz CT molecular complexity index is 795. The molecule has 1 heterocycles. The molecule has 0 aromatic heterocycles. The number of ether oxygens (including phenoxy) is 2. The van der Waals surface area contributed by atoms with E-state index in [0.29, 0.717) is 17.6 Å². The van der Waals surface area contributed by atoms with Crippen LogP contribution in [0.15, 0.2) is 42.5 Å². The van der Waals surface area contributed by atoms with Crippen molar-refractivity contribution in [2.75, 3.05) is 18.5 Å². The highest BCUT2D eigenvalue weighted by atomic mass is 19.4. The molecule has 0 bridgehead atoms.